The third-order valence-corrected chi connectivity index (χ3v) is 2.60. The number of rotatable bonds is 4. The SMILES string of the molecule is CCc1[c-]cc(OCC2CCOC2)nc1.[Y]. The van der Waals surface area contributed by atoms with Gasteiger partial charge in [0, 0.05) is 45.2 Å². The van der Waals surface area contributed by atoms with Crippen LogP contribution in [0.3, 0.4) is 0 Å². The van der Waals surface area contributed by atoms with E-state index < -0.39 is 0 Å². The number of hydrogen-bond donors (Lipinski definition) is 0. The second-order valence-corrected chi connectivity index (χ2v) is 3.80. The van der Waals surface area contributed by atoms with Crippen LogP contribution in [0.25, 0.3) is 0 Å². The molecule has 1 saturated heterocycles. The monoisotopic (exact) mass is 295 g/mol. The molecule has 0 aliphatic carbocycles. The van der Waals surface area contributed by atoms with Crippen LogP contribution < -0.4 is 4.74 Å². The first kappa shape index (κ1) is 14.1. The van der Waals surface area contributed by atoms with Gasteiger partial charge < -0.3 is 14.5 Å². The fraction of sp³-hybridized carbons (Fsp3) is 0.583. The minimum Gasteiger partial charge on any atom is -0.534 e. The van der Waals surface area contributed by atoms with Crippen LogP contribution in [-0.2, 0) is 43.9 Å². The van der Waals surface area contributed by atoms with Gasteiger partial charge in [-0.25, -0.2) is 0 Å². The maximum Gasteiger partial charge on any atom is 0.0968 e. The summed E-state index contributed by atoms with van der Waals surface area (Å²) < 4.78 is 10.8. The van der Waals surface area contributed by atoms with E-state index in [2.05, 4.69) is 18.0 Å². The van der Waals surface area contributed by atoms with Crippen molar-refractivity contribution in [2.45, 2.75) is 19.8 Å². The second-order valence-electron chi connectivity index (χ2n) is 3.80. The van der Waals surface area contributed by atoms with Crippen molar-refractivity contribution >= 4 is 0 Å². The Balaban J connectivity index is 0.00000128. The van der Waals surface area contributed by atoms with E-state index in [4.69, 9.17) is 9.47 Å². The minimum absolute atomic E-state index is 0. The van der Waals surface area contributed by atoms with Crippen LogP contribution in [0.5, 0.6) is 5.88 Å². The Hall–Kier alpha value is 0.0139. The predicted molar refractivity (Wildman–Crippen MR) is 56.9 cm³/mol. The zero-order valence-electron chi connectivity index (χ0n) is 9.61. The van der Waals surface area contributed by atoms with Crippen LogP contribution in [0.4, 0.5) is 0 Å². The van der Waals surface area contributed by atoms with E-state index in [1.54, 1.807) is 0 Å². The molecule has 1 aromatic heterocycles. The van der Waals surface area contributed by atoms with Gasteiger partial charge in [0.05, 0.1) is 19.1 Å². The normalized spacial score (nSPS) is 19.2. The molecule has 0 aromatic carbocycles. The molecule has 1 aliphatic rings. The second kappa shape index (κ2) is 7.36. The van der Waals surface area contributed by atoms with Crippen LogP contribution >= 0.6 is 0 Å². The maximum atomic E-state index is 5.57. The van der Waals surface area contributed by atoms with Crippen molar-refractivity contribution in [2.75, 3.05) is 19.8 Å². The van der Waals surface area contributed by atoms with Crippen LogP contribution in [-0.4, -0.2) is 24.8 Å². The molecule has 2 rings (SSSR count). The first-order valence-electron chi connectivity index (χ1n) is 5.45. The summed E-state index contributed by atoms with van der Waals surface area (Å²) in [4.78, 5) is 4.22. The van der Waals surface area contributed by atoms with E-state index in [1.807, 2.05) is 12.3 Å². The van der Waals surface area contributed by atoms with E-state index in [1.165, 1.54) is 0 Å². The van der Waals surface area contributed by atoms with E-state index in [0.717, 1.165) is 31.6 Å². The maximum absolute atomic E-state index is 5.57. The standard InChI is InChI=1S/C12H16NO2.Y/c1-2-10-3-4-12(13-7-10)15-9-11-5-6-14-8-11;/h4,7,11H,2,5-6,8-9H2,1H3;/q-1;. The molecular formula is C12H16NO2Y-. The van der Waals surface area contributed by atoms with Crippen LogP contribution in [0.2, 0.25) is 0 Å². The molecule has 1 fully saturated rings. The zero-order valence-corrected chi connectivity index (χ0v) is 12.4. The van der Waals surface area contributed by atoms with Crippen molar-refractivity contribution in [1.29, 1.82) is 0 Å². The fourth-order valence-corrected chi connectivity index (χ4v) is 1.56. The molecule has 1 aromatic rings. The Labute approximate surface area is 122 Å². The summed E-state index contributed by atoms with van der Waals surface area (Å²) in [7, 11) is 0. The fourth-order valence-electron chi connectivity index (χ4n) is 1.56. The van der Waals surface area contributed by atoms with Gasteiger partial charge in [-0.2, -0.15) is 6.07 Å². The Bertz CT molecular complexity index is 296. The summed E-state index contributed by atoms with van der Waals surface area (Å²) in [6, 6.07) is 4.96. The van der Waals surface area contributed by atoms with E-state index in [9.17, 15) is 0 Å². The summed E-state index contributed by atoms with van der Waals surface area (Å²) in [5.74, 6) is 1.19. The minimum atomic E-state index is 0. The molecule has 0 amide bonds. The van der Waals surface area contributed by atoms with Gasteiger partial charge in [-0.1, -0.05) is 19.5 Å². The number of nitrogens with zero attached hydrogens (tertiary/aromatic N) is 1. The third-order valence-electron chi connectivity index (χ3n) is 2.60. The van der Waals surface area contributed by atoms with Crippen molar-refractivity contribution < 1.29 is 42.2 Å². The van der Waals surface area contributed by atoms with Gasteiger partial charge in [0.1, 0.15) is 0 Å². The molecule has 4 heteroatoms. The molecule has 2 heterocycles. The van der Waals surface area contributed by atoms with Gasteiger partial charge in [-0.05, 0) is 6.42 Å². The van der Waals surface area contributed by atoms with Gasteiger partial charge >= 0.3 is 0 Å². The topological polar surface area (TPSA) is 31.4 Å². The van der Waals surface area contributed by atoms with Gasteiger partial charge in [0.15, 0.2) is 0 Å². The number of ether oxygens (including phenoxy) is 2. The number of aryl methyl sites for hydroxylation is 1. The van der Waals surface area contributed by atoms with Crippen molar-refractivity contribution in [3.63, 3.8) is 0 Å². The largest absolute Gasteiger partial charge is 0.534 e. The molecule has 1 aliphatic heterocycles. The van der Waals surface area contributed by atoms with Gasteiger partial charge in [-0.15, -0.1) is 11.6 Å². The molecule has 1 atom stereocenters. The molecule has 16 heavy (non-hydrogen) atoms. The van der Waals surface area contributed by atoms with Crippen molar-refractivity contribution in [3.05, 3.63) is 23.9 Å². The molecule has 0 spiro atoms. The van der Waals surface area contributed by atoms with Crippen molar-refractivity contribution in [2.24, 2.45) is 5.92 Å². The molecule has 0 N–H and O–H groups in total. The van der Waals surface area contributed by atoms with Crippen LogP contribution in [0, 0.1) is 12.0 Å². The van der Waals surface area contributed by atoms with Gasteiger partial charge in [0.25, 0.3) is 0 Å². The summed E-state index contributed by atoms with van der Waals surface area (Å²) in [6.45, 7) is 4.47. The Morgan fingerprint density at radius 2 is 2.50 bits per heavy atom. The number of pyridine rings is 1. The van der Waals surface area contributed by atoms with Gasteiger partial charge in [0.2, 0.25) is 0 Å². The molecule has 0 saturated carbocycles. The molecule has 3 nitrogen and oxygen atoms in total. The van der Waals surface area contributed by atoms with Crippen LogP contribution in [0.15, 0.2) is 12.3 Å². The summed E-state index contributed by atoms with van der Waals surface area (Å²) in [5.41, 5.74) is 1.12. The van der Waals surface area contributed by atoms with E-state index >= 15 is 0 Å². The predicted octanol–water partition coefficient (Wildman–Crippen LogP) is 1.86. The van der Waals surface area contributed by atoms with Gasteiger partial charge in [-0.3, -0.25) is 0 Å². The third kappa shape index (κ3) is 4.12. The molecular weight excluding hydrogens is 279 g/mol. The zero-order chi connectivity index (χ0) is 10.5. The average Bonchev–Trinajstić information content (AvgIpc) is 2.80. The molecule has 85 valence electrons. The van der Waals surface area contributed by atoms with E-state index in [0.29, 0.717) is 18.4 Å². The Morgan fingerprint density at radius 3 is 3.06 bits per heavy atom. The molecule has 1 unspecified atom stereocenters. The molecule has 0 bridgehead atoms. The summed E-state index contributed by atoms with van der Waals surface area (Å²) in [6.07, 6.45) is 3.88. The summed E-state index contributed by atoms with van der Waals surface area (Å²) in [5, 5.41) is 0. The first-order valence-corrected chi connectivity index (χ1v) is 5.45. The smallest absolute Gasteiger partial charge is 0.0968 e. The summed E-state index contributed by atoms with van der Waals surface area (Å²) >= 11 is 0. The van der Waals surface area contributed by atoms with Crippen LogP contribution in [0.1, 0.15) is 18.9 Å². The quantitative estimate of drug-likeness (QED) is 0.795. The van der Waals surface area contributed by atoms with Crippen molar-refractivity contribution in [1.82, 2.24) is 4.98 Å². The Kier molecular flexibility index (Phi) is 6.48. The van der Waals surface area contributed by atoms with E-state index in [-0.39, 0.29) is 32.7 Å². The average molecular weight is 295 g/mol. The number of hydrogen-bond acceptors (Lipinski definition) is 3. The van der Waals surface area contributed by atoms with Crippen molar-refractivity contribution in [3.8, 4) is 5.88 Å². The number of aromatic nitrogens is 1. The first-order chi connectivity index (χ1) is 7.38. The Morgan fingerprint density at radius 1 is 1.62 bits per heavy atom. The molecule has 1 radical (unpaired) electrons.